The molecule has 0 spiro atoms. The highest BCUT2D eigenvalue weighted by Crippen LogP contribution is 2.31. The van der Waals surface area contributed by atoms with Crippen LogP contribution in [-0.4, -0.2) is 6.54 Å². The summed E-state index contributed by atoms with van der Waals surface area (Å²) < 4.78 is 12.8. The third kappa shape index (κ3) is 1.17. The molecule has 1 heterocycles. The first-order valence-electron chi connectivity index (χ1n) is 4.30. The van der Waals surface area contributed by atoms with Crippen molar-refractivity contribution in [1.29, 1.82) is 0 Å². The van der Waals surface area contributed by atoms with Crippen LogP contribution in [-0.2, 0) is 0 Å². The van der Waals surface area contributed by atoms with Gasteiger partial charge in [-0.3, -0.25) is 0 Å². The van der Waals surface area contributed by atoms with Crippen molar-refractivity contribution in [3.63, 3.8) is 0 Å². The minimum Gasteiger partial charge on any atom is -0.385 e. The molecule has 0 saturated carbocycles. The highest BCUT2D eigenvalue weighted by molar-refractivity contribution is 5.54. The molecule has 1 aliphatic heterocycles. The van der Waals surface area contributed by atoms with Crippen molar-refractivity contribution in [2.24, 2.45) is 0 Å². The molecular weight excluding hydrogens is 153 g/mol. The summed E-state index contributed by atoms with van der Waals surface area (Å²) in [7, 11) is 0. The lowest BCUT2D eigenvalue weighted by molar-refractivity contribution is 0.621. The second kappa shape index (κ2) is 2.77. The van der Waals surface area contributed by atoms with Crippen molar-refractivity contribution in [1.82, 2.24) is 0 Å². The van der Waals surface area contributed by atoms with Gasteiger partial charge < -0.3 is 5.32 Å². The summed E-state index contributed by atoms with van der Waals surface area (Å²) in [6, 6.07) is 4.98. The zero-order valence-corrected chi connectivity index (χ0v) is 7.10. The lowest BCUT2D eigenvalue weighted by Gasteiger charge is -2.23. The highest BCUT2D eigenvalue weighted by Gasteiger charge is 2.15. The van der Waals surface area contributed by atoms with Gasteiger partial charge in [0, 0.05) is 12.2 Å². The second-order valence-corrected chi connectivity index (χ2v) is 3.35. The van der Waals surface area contributed by atoms with Crippen LogP contribution in [0.1, 0.15) is 24.8 Å². The minimum atomic E-state index is -0.157. The van der Waals surface area contributed by atoms with Crippen LogP contribution in [0, 0.1) is 5.82 Å². The van der Waals surface area contributed by atoms with E-state index in [-0.39, 0.29) is 5.82 Å². The van der Waals surface area contributed by atoms with Gasteiger partial charge in [-0.2, -0.15) is 0 Å². The average molecular weight is 165 g/mol. The number of hydrogen-bond donors (Lipinski definition) is 1. The van der Waals surface area contributed by atoms with Crippen molar-refractivity contribution >= 4 is 5.69 Å². The van der Waals surface area contributed by atoms with Gasteiger partial charge in [-0.05, 0) is 30.0 Å². The van der Waals surface area contributed by atoms with Crippen LogP contribution < -0.4 is 5.32 Å². The molecule has 0 amide bonds. The van der Waals surface area contributed by atoms with Crippen LogP contribution in [0.2, 0.25) is 0 Å². The molecule has 1 unspecified atom stereocenters. The van der Waals surface area contributed by atoms with Crippen LogP contribution >= 0.6 is 0 Å². The first-order chi connectivity index (χ1) is 5.77. The zero-order valence-electron chi connectivity index (χ0n) is 7.10. The van der Waals surface area contributed by atoms with Gasteiger partial charge >= 0.3 is 0 Å². The number of fused-ring (bicyclic) bond motifs is 1. The lowest BCUT2D eigenvalue weighted by atomic mass is 9.93. The average Bonchev–Trinajstić information content (AvgIpc) is 2.04. The molecule has 1 N–H and O–H groups in total. The van der Waals surface area contributed by atoms with Crippen LogP contribution in [0.3, 0.4) is 0 Å². The molecule has 1 atom stereocenters. The number of benzene rings is 1. The third-order valence-corrected chi connectivity index (χ3v) is 2.44. The molecule has 1 aromatic carbocycles. The standard InChI is InChI=1S/C10H12FN/c1-7-4-5-12-10-6-8(11)2-3-9(7)10/h2-3,6-7,12H,4-5H2,1H3. The molecule has 0 saturated heterocycles. The maximum absolute atomic E-state index is 12.8. The Morgan fingerprint density at radius 3 is 3.17 bits per heavy atom. The van der Waals surface area contributed by atoms with E-state index < -0.39 is 0 Å². The van der Waals surface area contributed by atoms with Crippen molar-refractivity contribution in [2.45, 2.75) is 19.3 Å². The first kappa shape index (κ1) is 7.59. The Bertz CT molecular complexity index is 296. The number of halogens is 1. The summed E-state index contributed by atoms with van der Waals surface area (Å²) in [6.45, 7) is 3.13. The van der Waals surface area contributed by atoms with E-state index in [1.165, 1.54) is 11.6 Å². The van der Waals surface area contributed by atoms with E-state index in [0.717, 1.165) is 18.7 Å². The molecule has 0 bridgehead atoms. The summed E-state index contributed by atoms with van der Waals surface area (Å²) in [5.41, 5.74) is 2.20. The predicted octanol–water partition coefficient (Wildman–Crippen LogP) is 2.74. The Kier molecular flexibility index (Phi) is 1.75. The fraction of sp³-hybridized carbons (Fsp3) is 0.400. The SMILES string of the molecule is CC1CCNc2cc(F)ccc21. The Hall–Kier alpha value is -1.05. The molecule has 0 aromatic heterocycles. The van der Waals surface area contributed by atoms with Gasteiger partial charge in [-0.1, -0.05) is 13.0 Å². The quantitative estimate of drug-likeness (QED) is 0.623. The molecular formula is C10H12FN. The molecule has 1 nitrogen and oxygen atoms in total. The van der Waals surface area contributed by atoms with Gasteiger partial charge in [0.15, 0.2) is 0 Å². The van der Waals surface area contributed by atoms with Gasteiger partial charge in [-0.25, -0.2) is 4.39 Å². The Morgan fingerprint density at radius 1 is 1.50 bits per heavy atom. The Balaban J connectivity index is 2.46. The summed E-state index contributed by atoms with van der Waals surface area (Å²) in [5, 5.41) is 3.19. The van der Waals surface area contributed by atoms with Gasteiger partial charge in [0.05, 0.1) is 0 Å². The van der Waals surface area contributed by atoms with Crippen molar-refractivity contribution in [2.75, 3.05) is 11.9 Å². The fourth-order valence-corrected chi connectivity index (χ4v) is 1.69. The first-order valence-corrected chi connectivity index (χ1v) is 4.30. The van der Waals surface area contributed by atoms with Crippen LogP contribution in [0.25, 0.3) is 0 Å². The number of rotatable bonds is 0. The van der Waals surface area contributed by atoms with E-state index in [1.807, 2.05) is 6.07 Å². The number of nitrogens with one attached hydrogen (secondary N) is 1. The fourth-order valence-electron chi connectivity index (χ4n) is 1.69. The summed E-state index contributed by atoms with van der Waals surface area (Å²) in [4.78, 5) is 0. The van der Waals surface area contributed by atoms with E-state index >= 15 is 0 Å². The number of anilines is 1. The van der Waals surface area contributed by atoms with Gasteiger partial charge in [0.2, 0.25) is 0 Å². The largest absolute Gasteiger partial charge is 0.385 e. The van der Waals surface area contributed by atoms with E-state index in [1.54, 1.807) is 6.07 Å². The zero-order chi connectivity index (χ0) is 8.55. The highest BCUT2D eigenvalue weighted by atomic mass is 19.1. The van der Waals surface area contributed by atoms with E-state index in [4.69, 9.17) is 0 Å². The van der Waals surface area contributed by atoms with Crippen LogP contribution in [0.5, 0.6) is 0 Å². The minimum absolute atomic E-state index is 0.157. The molecule has 12 heavy (non-hydrogen) atoms. The molecule has 2 rings (SSSR count). The lowest BCUT2D eigenvalue weighted by Crippen LogP contribution is -2.14. The van der Waals surface area contributed by atoms with E-state index in [9.17, 15) is 4.39 Å². The number of hydrogen-bond acceptors (Lipinski definition) is 1. The second-order valence-electron chi connectivity index (χ2n) is 3.35. The Labute approximate surface area is 71.6 Å². The molecule has 1 aromatic rings. The summed E-state index contributed by atoms with van der Waals surface area (Å²) >= 11 is 0. The van der Waals surface area contributed by atoms with Gasteiger partial charge in [0.25, 0.3) is 0 Å². The van der Waals surface area contributed by atoms with Crippen molar-refractivity contribution in [3.8, 4) is 0 Å². The maximum Gasteiger partial charge on any atom is 0.125 e. The van der Waals surface area contributed by atoms with Crippen LogP contribution in [0.15, 0.2) is 18.2 Å². The van der Waals surface area contributed by atoms with E-state index in [0.29, 0.717) is 5.92 Å². The normalized spacial score (nSPS) is 21.3. The molecule has 2 heteroatoms. The summed E-state index contributed by atoms with van der Waals surface area (Å²) in [6.07, 6.45) is 1.14. The summed E-state index contributed by atoms with van der Waals surface area (Å²) in [5.74, 6) is 0.400. The monoisotopic (exact) mass is 165 g/mol. The predicted molar refractivity (Wildman–Crippen MR) is 47.9 cm³/mol. The smallest absolute Gasteiger partial charge is 0.125 e. The topological polar surface area (TPSA) is 12.0 Å². The Morgan fingerprint density at radius 2 is 2.33 bits per heavy atom. The molecule has 0 radical (unpaired) electrons. The molecule has 0 fully saturated rings. The van der Waals surface area contributed by atoms with Crippen LogP contribution in [0.4, 0.5) is 10.1 Å². The third-order valence-electron chi connectivity index (χ3n) is 2.44. The van der Waals surface area contributed by atoms with Gasteiger partial charge in [-0.15, -0.1) is 0 Å². The molecule has 1 aliphatic rings. The molecule has 64 valence electrons. The van der Waals surface area contributed by atoms with E-state index in [2.05, 4.69) is 12.2 Å². The van der Waals surface area contributed by atoms with Crippen molar-refractivity contribution < 1.29 is 4.39 Å². The van der Waals surface area contributed by atoms with Crippen molar-refractivity contribution in [3.05, 3.63) is 29.6 Å². The molecule has 0 aliphatic carbocycles. The van der Waals surface area contributed by atoms with Gasteiger partial charge in [0.1, 0.15) is 5.82 Å². The maximum atomic E-state index is 12.8.